The molecule has 1 aromatic rings. The minimum absolute atomic E-state index is 0. The smallest absolute Gasteiger partial charge is 0.270 e. The van der Waals surface area contributed by atoms with E-state index in [9.17, 15) is 4.79 Å². The number of aromatic nitrogens is 1. The van der Waals surface area contributed by atoms with Crippen LogP contribution in [-0.4, -0.2) is 30.5 Å². The first-order valence-electron chi connectivity index (χ1n) is 5.18. The van der Waals surface area contributed by atoms with E-state index >= 15 is 0 Å². The molecule has 2 heterocycles. The Balaban J connectivity index is 0.00000128. The topological polar surface area (TPSA) is 54.0 Å². The van der Waals surface area contributed by atoms with Gasteiger partial charge in [0, 0.05) is 31.7 Å². The number of rotatable bonds is 3. The third-order valence-corrected chi connectivity index (χ3v) is 2.64. The molecule has 0 unspecified atom stereocenters. The fourth-order valence-corrected chi connectivity index (χ4v) is 1.54. The molecule has 17 heavy (non-hydrogen) atoms. The summed E-state index contributed by atoms with van der Waals surface area (Å²) in [4.78, 5) is 15.8. The molecule has 6 heteroatoms. The van der Waals surface area contributed by atoms with Gasteiger partial charge in [0.25, 0.3) is 5.91 Å². The zero-order chi connectivity index (χ0) is 10.7. The second-order valence-corrected chi connectivity index (χ2v) is 3.90. The summed E-state index contributed by atoms with van der Waals surface area (Å²) in [6, 6.07) is 3.73. The molecule has 0 spiro atoms. The molecule has 1 amide bonds. The molecular formula is C11H17Cl2N3O. The molecule has 1 fully saturated rings. The second kappa shape index (κ2) is 7.48. The first kappa shape index (κ1) is 16.2. The third kappa shape index (κ3) is 4.15. The van der Waals surface area contributed by atoms with Crippen molar-refractivity contribution in [3.63, 3.8) is 0 Å². The van der Waals surface area contributed by atoms with Crippen LogP contribution in [0.5, 0.6) is 0 Å². The van der Waals surface area contributed by atoms with Gasteiger partial charge in [0.05, 0.1) is 0 Å². The Morgan fingerprint density at radius 3 is 2.76 bits per heavy atom. The molecule has 4 nitrogen and oxygen atoms in total. The van der Waals surface area contributed by atoms with Crippen LogP contribution in [-0.2, 0) is 0 Å². The maximum Gasteiger partial charge on any atom is 0.270 e. The number of nitrogens with zero attached hydrogens (tertiary/aromatic N) is 1. The number of amides is 1. The van der Waals surface area contributed by atoms with Gasteiger partial charge < -0.3 is 10.6 Å². The summed E-state index contributed by atoms with van der Waals surface area (Å²) < 4.78 is 0. The number of aryl methyl sites for hydroxylation is 1. The van der Waals surface area contributed by atoms with Gasteiger partial charge in [0.1, 0.15) is 5.69 Å². The van der Waals surface area contributed by atoms with E-state index in [-0.39, 0.29) is 30.7 Å². The molecule has 0 aromatic carbocycles. The summed E-state index contributed by atoms with van der Waals surface area (Å²) in [5.41, 5.74) is 1.45. The average Bonchev–Trinajstić information content (AvgIpc) is 2.16. The maximum absolute atomic E-state index is 11.7. The van der Waals surface area contributed by atoms with Gasteiger partial charge in [-0.1, -0.05) is 6.07 Å². The Hall–Kier alpha value is -0.840. The molecular weight excluding hydrogens is 261 g/mol. The van der Waals surface area contributed by atoms with Crippen LogP contribution in [0.4, 0.5) is 0 Å². The number of carbonyl (C=O) groups excluding carboxylic acids is 1. The van der Waals surface area contributed by atoms with E-state index in [1.165, 1.54) is 0 Å². The fraction of sp³-hybridized carbons (Fsp3) is 0.455. The Labute approximate surface area is 113 Å². The van der Waals surface area contributed by atoms with Crippen molar-refractivity contribution in [3.8, 4) is 0 Å². The van der Waals surface area contributed by atoms with Crippen LogP contribution in [0.3, 0.4) is 0 Å². The first-order valence-corrected chi connectivity index (χ1v) is 5.18. The van der Waals surface area contributed by atoms with Gasteiger partial charge in [-0.05, 0) is 18.6 Å². The van der Waals surface area contributed by atoms with Crippen molar-refractivity contribution in [2.24, 2.45) is 5.92 Å². The van der Waals surface area contributed by atoms with Crippen LogP contribution < -0.4 is 10.6 Å². The van der Waals surface area contributed by atoms with E-state index in [2.05, 4.69) is 15.6 Å². The standard InChI is InChI=1S/C11H15N3O.2ClH/c1-8-3-2-4-13-10(8)11(15)14-7-9-5-12-6-9;;/h2-4,9,12H,5-7H2,1H3,(H,14,15);2*1H. The van der Waals surface area contributed by atoms with Gasteiger partial charge in [0.2, 0.25) is 0 Å². The number of pyridine rings is 1. The second-order valence-electron chi connectivity index (χ2n) is 3.90. The van der Waals surface area contributed by atoms with Crippen molar-refractivity contribution in [2.75, 3.05) is 19.6 Å². The van der Waals surface area contributed by atoms with Crippen molar-refractivity contribution in [3.05, 3.63) is 29.6 Å². The summed E-state index contributed by atoms with van der Waals surface area (Å²) in [5, 5.41) is 6.07. The Bertz CT molecular complexity index is 369. The number of nitrogens with one attached hydrogen (secondary N) is 2. The molecule has 2 N–H and O–H groups in total. The fourth-order valence-electron chi connectivity index (χ4n) is 1.54. The van der Waals surface area contributed by atoms with Crippen LogP contribution in [0.15, 0.2) is 18.3 Å². The molecule has 1 aliphatic heterocycles. The number of carbonyl (C=O) groups is 1. The number of hydrogen-bond donors (Lipinski definition) is 2. The van der Waals surface area contributed by atoms with Gasteiger partial charge in [-0.15, -0.1) is 24.8 Å². The van der Waals surface area contributed by atoms with Crippen LogP contribution in [0.25, 0.3) is 0 Å². The lowest BCUT2D eigenvalue weighted by Crippen LogP contribution is -2.48. The highest BCUT2D eigenvalue weighted by atomic mass is 35.5. The van der Waals surface area contributed by atoms with Crippen LogP contribution >= 0.6 is 24.8 Å². The van der Waals surface area contributed by atoms with Gasteiger partial charge in [0.15, 0.2) is 0 Å². The van der Waals surface area contributed by atoms with Gasteiger partial charge in [-0.2, -0.15) is 0 Å². The average molecular weight is 278 g/mol. The van der Waals surface area contributed by atoms with E-state index in [1.54, 1.807) is 6.20 Å². The van der Waals surface area contributed by atoms with Gasteiger partial charge >= 0.3 is 0 Å². The summed E-state index contributed by atoms with van der Waals surface area (Å²) in [6.45, 7) is 4.64. The minimum atomic E-state index is -0.0694. The Kier molecular flexibility index (Phi) is 7.11. The lowest BCUT2D eigenvalue weighted by Gasteiger charge is -2.27. The van der Waals surface area contributed by atoms with E-state index in [4.69, 9.17) is 0 Å². The van der Waals surface area contributed by atoms with Crippen LogP contribution in [0.1, 0.15) is 16.1 Å². The van der Waals surface area contributed by atoms with Crippen molar-refractivity contribution in [1.82, 2.24) is 15.6 Å². The minimum Gasteiger partial charge on any atom is -0.350 e. The van der Waals surface area contributed by atoms with E-state index in [0.29, 0.717) is 11.6 Å². The highest BCUT2D eigenvalue weighted by molar-refractivity contribution is 5.93. The summed E-state index contributed by atoms with van der Waals surface area (Å²) in [6.07, 6.45) is 1.65. The Morgan fingerprint density at radius 2 is 2.24 bits per heavy atom. The van der Waals surface area contributed by atoms with Crippen LogP contribution in [0.2, 0.25) is 0 Å². The molecule has 0 saturated carbocycles. The largest absolute Gasteiger partial charge is 0.350 e. The summed E-state index contributed by atoms with van der Waals surface area (Å²) in [7, 11) is 0. The SMILES string of the molecule is Cc1cccnc1C(=O)NCC1CNC1.Cl.Cl. The third-order valence-electron chi connectivity index (χ3n) is 2.64. The molecule has 1 saturated heterocycles. The highest BCUT2D eigenvalue weighted by Gasteiger charge is 2.18. The lowest BCUT2D eigenvalue weighted by molar-refractivity contribution is 0.0936. The molecule has 1 aromatic heterocycles. The highest BCUT2D eigenvalue weighted by Crippen LogP contribution is 2.04. The van der Waals surface area contributed by atoms with Crippen molar-refractivity contribution in [2.45, 2.75) is 6.92 Å². The van der Waals surface area contributed by atoms with Crippen molar-refractivity contribution >= 4 is 30.7 Å². The molecule has 0 aliphatic carbocycles. The summed E-state index contributed by atoms with van der Waals surface area (Å²) >= 11 is 0. The van der Waals surface area contributed by atoms with E-state index < -0.39 is 0 Å². The molecule has 96 valence electrons. The monoisotopic (exact) mass is 277 g/mol. The van der Waals surface area contributed by atoms with Crippen molar-refractivity contribution in [1.29, 1.82) is 0 Å². The molecule has 2 rings (SSSR count). The zero-order valence-corrected chi connectivity index (χ0v) is 11.2. The first-order chi connectivity index (χ1) is 7.27. The predicted molar refractivity (Wildman–Crippen MR) is 72.2 cm³/mol. The Morgan fingerprint density at radius 1 is 1.53 bits per heavy atom. The van der Waals surface area contributed by atoms with Crippen LogP contribution in [0, 0.1) is 12.8 Å². The lowest BCUT2D eigenvalue weighted by atomic mass is 10.0. The molecule has 1 aliphatic rings. The van der Waals surface area contributed by atoms with E-state index in [1.807, 2.05) is 19.1 Å². The number of hydrogen-bond acceptors (Lipinski definition) is 3. The summed E-state index contributed by atoms with van der Waals surface area (Å²) in [5.74, 6) is 0.512. The normalized spacial score (nSPS) is 13.9. The zero-order valence-electron chi connectivity index (χ0n) is 9.60. The number of halogens is 2. The predicted octanol–water partition coefficient (Wildman–Crippen LogP) is 1.18. The maximum atomic E-state index is 11.7. The van der Waals surface area contributed by atoms with Crippen molar-refractivity contribution < 1.29 is 4.79 Å². The van der Waals surface area contributed by atoms with Gasteiger partial charge in [-0.25, -0.2) is 0 Å². The molecule has 0 atom stereocenters. The van der Waals surface area contributed by atoms with E-state index in [0.717, 1.165) is 25.2 Å². The molecule has 0 radical (unpaired) electrons. The quantitative estimate of drug-likeness (QED) is 0.873. The van der Waals surface area contributed by atoms with Gasteiger partial charge in [-0.3, -0.25) is 9.78 Å². The molecule has 0 bridgehead atoms.